The van der Waals surface area contributed by atoms with Crippen LogP contribution in [0.5, 0.6) is 0 Å². The van der Waals surface area contributed by atoms with Crippen molar-refractivity contribution in [2.45, 2.75) is 20.5 Å². The predicted octanol–water partition coefficient (Wildman–Crippen LogP) is 1.11. The normalized spacial score (nSPS) is 11.6. The number of amidine groups is 1. The van der Waals surface area contributed by atoms with Crippen LogP contribution >= 0.6 is 0 Å². The molecule has 2 aromatic rings. The molecule has 0 spiro atoms. The van der Waals surface area contributed by atoms with Crippen molar-refractivity contribution in [2.75, 3.05) is 5.73 Å². The lowest BCUT2D eigenvalue weighted by molar-refractivity contribution is 0.130. The fourth-order valence-corrected chi connectivity index (χ4v) is 1.60. The molecule has 0 bridgehead atoms. The number of oxime groups is 1. The van der Waals surface area contributed by atoms with Gasteiger partial charge in [-0.1, -0.05) is 28.9 Å². The van der Waals surface area contributed by atoms with Gasteiger partial charge in [-0.15, -0.1) is 0 Å². The summed E-state index contributed by atoms with van der Waals surface area (Å²) >= 11 is 0. The van der Waals surface area contributed by atoms with Gasteiger partial charge in [0.15, 0.2) is 17.3 Å². The quantitative estimate of drug-likeness (QED) is 0.484. The Bertz CT molecular complexity index is 606. The van der Waals surface area contributed by atoms with Crippen molar-refractivity contribution in [3.05, 3.63) is 40.6 Å². The molecule has 2 rings (SSSR count). The molecule has 7 nitrogen and oxygen atoms in total. The molecule has 0 saturated carbocycles. The minimum absolute atomic E-state index is 0.0310. The van der Waals surface area contributed by atoms with Crippen LogP contribution < -0.4 is 11.5 Å². The lowest BCUT2D eigenvalue weighted by Gasteiger charge is -2.05. The number of hydrogen-bond acceptors (Lipinski definition) is 6. The van der Waals surface area contributed by atoms with Gasteiger partial charge in [0, 0.05) is 0 Å². The summed E-state index contributed by atoms with van der Waals surface area (Å²) < 4.78 is 4.42. The van der Waals surface area contributed by atoms with Crippen LogP contribution in [0, 0.1) is 13.8 Å². The standard InChI is InChI=1S/C12H15N5O2/c1-7-3-4-9(8(2)5-7)6-18-16-11(13)10-12(14)17-19-15-10/h3-5H,6H2,1-2H3,(H2,13,16)(H2,14,17). The van der Waals surface area contributed by atoms with Crippen LogP contribution in [0.15, 0.2) is 28.0 Å². The Morgan fingerprint density at radius 2 is 2.16 bits per heavy atom. The van der Waals surface area contributed by atoms with E-state index in [2.05, 4.69) is 26.2 Å². The number of nitrogens with zero attached hydrogens (tertiary/aromatic N) is 3. The van der Waals surface area contributed by atoms with E-state index in [4.69, 9.17) is 16.3 Å². The number of anilines is 1. The maximum Gasteiger partial charge on any atom is 0.199 e. The van der Waals surface area contributed by atoms with E-state index in [1.165, 1.54) is 5.56 Å². The van der Waals surface area contributed by atoms with E-state index < -0.39 is 0 Å². The zero-order chi connectivity index (χ0) is 13.8. The lowest BCUT2D eigenvalue weighted by Crippen LogP contribution is -2.16. The molecular formula is C12H15N5O2. The fourth-order valence-electron chi connectivity index (χ4n) is 1.60. The fraction of sp³-hybridized carbons (Fsp3) is 0.250. The molecule has 0 aliphatic carbocycles. The summed E-state index contributed by atoms with van der Waals surface area (Å²) in [4.78, 5) is 5.18. The highest BCUT2D eigenvalue weighted by molar-refractivity contribution is 5.98. The van der Waals surface area contributed by atoms with Gasteiger partial charge in [-0.2, -0.15) is 0 Å². The van der Waals surface area contributed by atoms with Gasteiger partial charge >= 0.3 is 0 Å². The monoisotopic (exact) mass is 261 g/mol. The Labute approximate surface area is 110 Å². The summed E-state index contributed by atoms with van der Waals surface area (Å²) in [5.74, 6) is 0.111. The molecule has 0 unspecified atom stereocenters. The second-order valence-electron chi connectivity index (χ2n) is 4.18. The van der Waals surface area contributed by atoms with E-state index in [0.717, 1.165) is 11.1 Å². The summed E-state index contributed by atoms with van der Waals surface area (Å²) in [6.07, 6.45) is 0. The van der Waals surface area contributed by atoms with Crippen LogP contribution in [0.25, 0.3) is 0 Å². The van der Waals surface area contributed by atoms with Crippen LogP contribution in [0.1, 0.15) is 22.4 Å². The van der Waals surface area contributed by atoms with Crippen LogP contribution in [0.2, 0.25) is 0 Å². The Balaban J connectivity index is 2.01. The molecule has 0 amide bonds. The van der Waals surface area contributed by atoms with E-state index >= 15 is 0 Å². The van der Waals surface area contributed by atoms with Crippen LogP contribution in [-0.2, 0) is 11.4 Å². The Kier molecular flexibility index (Phi) is 3.65. The molecule has 0 aliphatic rings. The van der Waals surface area contributed by atoms with E-state index in [9.17, 15) is 0 Å². The van der Waals surface area contributed by atoms with Crippen LogP contribution in [-0.4, -0.2) is 16.1 Å². The summed E-state index contributed by atoms with van der Waals surface area (Å²) in [5, 5.41) is 10.7. The first-order chi connectivity index (χ1) is 9.08. The van der Waals surface area contributed by atoms with Gasteiger partial charge in [-0.25, -0.2) is 4.63 Å². The molecule has 0 atom stereocenters. The number of nitrogens with two attached hydrogens (primary N) is 2. The van der Waals surface area contributed by atoms with Crippen molar-refractivity contribution in [2.24, 2.45) is 10.9 Å². The number of benzene rings is 1. The second-order valence-corrected chi connectivity index (χ2v) is 4.18. The van der Waals surface area contributed by atoms with Gasteiger partial charge in [0.1, 0.15) is 6.61 Å². The highest BCUT2D eigenvalue weighted by Gasteiger charge is 2.11. The van der Waals surface area contributed by atoms with Crippen molar-refractivity contribution in [3.63, 3.8) is 0 Å². The molecule has 0 fully saturated rings. The molecular weight excluding hydrogens is 246 g/mol. The molecule has 100 valence electrons. The Hall–Kier alpha value is -2.57. The molecule has 0 aliphatic heterocycles. The average molecular weight is 261 g/mol. The summed E-state index contributed by atoms with van der Waals surface area (Å²) in [5.41, 5.74) is 14.7. The van der Waals surface area contributed by atoms with Gasteiger partial charge in [-0.05, 0) is 35.3 Å². The van der Waals surface area contributed by atoms with Crippen molar-refractivity contribution >= 4 is 11.7 Å². The van der Waals surface area contributed by atoms with Crippen molar-refractivity contribution in [1.82, 2.24) is 10.3 Å². The van der Waals surface area contributed by atoms with E-state index in [-0.39, 0.29) is 17.3 Å². The van der Waals surface area contributed by atoms with E-state index in [0.29, 0.717) is 6.61 Å². The minimum Gasteiger partial charge on any atom is -0.389 e. The number of rotatable bonds is 4. The third-order valence-corrected chi connectivity index (χ3v) is 2.64. The first kappa shape index (κ1) is 12.9. The Morgan fingerprint density at radius 1 is 1.37 bits per heavy atom. The summed E-state index contributed by atoms with van der Waals surface area (Å²) in [6, 6.07) is 6.08. The SMILES string of the molecule is Cc1ccc(CO/N=C(/N)c2nonc2N)c(C)c1. The van der Waals surface area contributed by atoms with Crippen molar-refractivity contribution in [3.8, 4) is 0 Å². The van der Waals surface area contributed by atoms with Crippen molar-refractivity contribution in [1.29, 1.82) is 0 Å². The zero-order valence-electron chi connectivity index (χ0n) is 10.8. The number of aromatic nitrogens is 2. The molecule has 1 heterocycles. The molecule has 0 radical (unpaired) electrons. The van der Waals surface area contributed by atoms with Gasteiger partial charge in [-0.3, -0.25) is 0 Å². The Morgan fingerprint density at radius 3 is 2.79 bits per heavy atom. The number of hydrogen-bond donors (Lipinski definition) is 2. The molecule has 0 saturated heterocycles. The second kappa shape index (κ2) is 5.38. The van der Waals surface area contributed by atoms with Crippen LogP contribution in [0.3, 0.4) is 0 Å². The third-order valence-electron chi connectivity index (χ3n) is 2.64. The smallest absolute Gasteiger partial charge is 0.199 e. The average Bonchev–Trinajstić information content (AvgIpc) is 2.78. The third kappa shape index (κ3) is 3.01. The van der Waals surface area contributed by atoms with Gasteiger partial charge in [0.25, 0.3) is 0 Å². The molecule has 1 aromatic carbocycles. The molecule has 1 aromatic heterocycles. The minimum atomic E-state index is 0.0310. The zero-order valence-corrected chi connectivity index (χ0v) is 10.8. The highest BCUT2D eigenvalue weighted by Crippen LogP contribution is 2.12. The first-order valence-electron chi connectivity index (χ1n) is 5.68. The van der Waals surface area contributed by atoms with Crippen LogP contribution in [0.4, 0.5) is 5.82 Å². The van der Waals surface area contributed by atoms with Gasteiger partial charge in [0.05, 0.1) is 0 Å². The van der Waals surface area contributed by atoms with E-state index in [1.54, 1.807) is 0 Å². The van der Waals surface area contributed by atoms with E-state index in [1.807, 2.05) is 26.0 Å². The van der Waals surface area contributed by atoms with Gasteiger partial charge < -0.3 is 16.3 Å². The lowest BCUT2D eigenvalue weighted by atomic mass is 10.1. The summed E-state index contributed by atoms with van der Waals surface area (Å²) in [6.45, 7) is 4.37. The van der Waals surface area contributed by atoms with Gasteiger partial charge in [0.2, 0.25) is 0 Å². The molecule has 4 N–H and O–H groups in total. The largest absolute Gasteiger partial charge is 0.389 e. The topological polar surface area (TPSA) is 113 Å². The number of nitrogen functional groups attached to an aromatic ring is 1. The number of aryl methyl sites for hydroxylation is 2. The maximum absolute atomic E-state index is 5.65. The first-order valence-corrected chi connectivity index (χ1v) is 5.68. The van der Waals surface area contributed by atoms with Crippen molar-refractivity contribution < 1.29 is 9.47 Å². The highest BCUT2D eigenvalue weighted by atomic mass is 16.6. The predicted molar refractivity (Wildman–Crippen MR) is 70.1 cm³/mol. The molecule has 7 heteroatoms. The molecule has 19 heavy (non-hydrogen) atoms. The summed E-state index contributed by atoms with van der Waals surface area (Å²) in [7, 11) is 0. The maximum atomic E-state index is 5.65.